The van der Waals surface area contributed by atoms with Gasteiger partial charge < -0.3 is 5.32 Å². The molecule has 0 fully saturated rings. The molecule has 18 heavy (non-hydrogen) atoms. The highest BCUT2D eigenvalue weighted by molar-refractivity contribution is 9.10. The monoisotopic (exact) mass is 345 g/mol. The average molecular weight is 347 g/mol. The first-order chi connectivity index (χ1) is 8.58. The van der Waals surface area contributed by atoms with E-state index in [0.717, 1.165) is 10.6 Å². The van der Waals surface area contributed by atoms with Gasteiger partial charge in [-0.1, -0.05) is 11.6 Å². The second-order valence-corrected chi connectivity index (χ2v) is 5.75. The molecule has 94 valence electrons. The molecule has 0 aliphatic heterocycles. The lowest BCUT2D eigenvalue weighted by molar-refractivity contribution is 0.0951. The van der Waals surface area contributed by atoms with E-state index in [0.29, 0.717) is 16.6 Å². The molecule has 2 heterocycles. The van der Waals surface area contributed by atoms with Crippen LogP contribution in [0.4, 0.5) is 0 Å². The Hall–Kier alpha value is -0.980. The van der Waals surface area contributed by atoms with Crippen molar-refractivity contribution >= 4 is 44.8 Å². The van der Waals surface area contributed by atoms with Crippen LogP contribution in [-0.2, 0) is 6.54 Å². The predicted molar refractivity (Wildman–Crippen MR) is 75.0 cm³/mol. The van der Waals surface area contributed by atoms with Gasteiger partial charge in [0.05, 0.1) is 23.3 Å². The number of hydrogen-bond acceptors (Lipinski definition) is 4. The van der Waals surface area contributed by atoms with Crippen LogP contribution in [-0.4, -0.2) is 15.9 Å². The SMILES string of the molecule is Cc1ncsc1CNC(=O)c1cc(Br)cnc1Cl. The van der Waals surface area contributed by atoms with Crippen molar-refractivity contribution in [1.82, 2.24) is 15.3 Å². The van der Waals surface area contributed by atoms with Gasteiger partial charge in [-0.25, -0.2) is 9.97 Å². The summed E-state index contributed by atoms with van der Waals surface area (Å²) in [7, 11) is 0. The summed E-state index contributed by atoms with van der Waals surface area (Å²) < 4.78 is 0.714. The van der Waals surface area contributed by atoms with Crippen molar-refractivity contribution in [3.63, 3.8) is 0 Å². The molecule has 2 rings (SSSR count). The van der Waals surface area contributed by atoms with E-state index in [4.69, 9.17) is 11.6 Å². The third-order valence-corrected chi connectivity index (χ3v) is 3.97. The average Bonchev–Trinajstić information content (AvgIpc) is 2.75. The van der Waals surface area contributed by atoms with Gasteiger partial charge in [-0.2, -0.15) is 0 Å². The summed E-state index contributed by atoms with van der Waals surface area (Å²) in [5.74, 6) is -0.249. The van der Waals surface area contributed by atoms with Gasteiger partial charge in [-0.3, -0.25) is 4.79 Å². The van der Waals surface area contributed by atoms with Gasteiger partial charge in [0.25, 0.3) is 5.91 Å². The molecule has 2 aromatic rings. The summed E-state index contributed by atoms with van der Waals surface area (Å²) in [5, 5.41) is 2.99. The maximum Gasteiger partial charge on any atom is 0.254 e. The fraction of sp³-hybridized carbons (Fsp3) is 0.182. The Kier molecular flexibility index (Phi) is 4.31. The highest BCUT2D eigenvalue weighted by atomic mass is 79.9. The van der Waals surface area contributed by atoms with Crippen LogP contribution in [0.15, 0.2) is 22.2 Å². The number of thiazole rings is 1. The predicted octanol–water partition coefficient (Wildman–Crippen LogP) is 3.19. The van der Waals surface area contributed by atoms with E-state index >= 15 is 0 Å². The number of halogens is 2. The molecule has 1 N–H and O–H groups in total. The molecule has 4 nitrogen and oxygen atoms in total. The molecule has 7 heteroatoms. The highest BCUT2D eigenvalue weighted by Gasteiger charge is 2.12. The fourth-order valence-electron chi connectivity index (χ4n) is 1.33. The lowest BCUT2D eigenvalue weighted by Crippen LogP contribution is -2.23. The van der Waals surface area contributed by atoms with E-state index in [1.165, 1.54) is 11.3 Å². The second-order valence-electron chi connectivity index (χ2n) is 3.54. The molecule has 0 spiro atoms. The Morgan fingerprint density at radius 3 is 3.00 bits per heavy atom. The minimum absolute atomic E-state index is 0.191. The van der Waals surface area contributed by atoms with Gasteiger partial charge in [-0.15, -0.1) is 11.3 Å². The molecule has 1 amide bonds. The number of aryl methyl sites for hydroxylation is 1. The molecule has 2 aromatic heterocycles. The summed E-state index contributed by atoms with van der Waals surface area (Å²) in [5.41, 5.74) is 3.04. The van der Waals surface area contributed by atoms with Crippen LogP contribution in [0, 0.1) is 6.92 Å². The molecule has 0 aromatic carbocycles. The smallest absolute Gasteiger partial charge is 0.254 e. The number of hydrogen-bond donors (Lipinski definition) is 1. The zero-order chi connectivity index (χ0) is 13.1. The van der Waals surface area contributed by atoms with Crippen molar-refractivity contribution < 1.29 is 4.79 Å². The lowest BCUT2D eigenvalue weighted by Gasteiger charge is -2.05. The number of nitrogens with zero attached hydrogens (tertiary/aromatic N) is 2. The Labute approximate surface area is 122 Å². The Bertz CT molecular complexity index is 587. The largest absolute Gasteiger partial charge is 0.347 e. The molecule has 0 bridgehead atoms. The van der Waals surface area contributed by atoms with E-state index in [9.17, 15) is 4.79 Å². The Morgan fingerprint density at radius 2 is 2.33 bits per heavy atom. The summed E-state index contributed by atoms with van der Waals surface area (Å²) >= 11 is 10.6. The molecule has 0 atom stereocenters. The summed E-state index contributed by atoms with van der Waals surface area (Å²) in [4.78, 5) is 21.0. The van der Waals surface area contributed by atoms with Crippen molar-refractivity contribution in [3.8, 4) is 0 Å². The number of rotatable bonds is 3. The fourth-order valence-corrected chi connectivity index (χ4v) is 2.57. The van der Waals surface area contributed by atoms with Crippen LogP contribution < -0.4 is 5.32 Å². The lowest BCUT2D eigenvalue weighted by atomic mass is 10.2. The van der Waals surface area contributed by atoms with Gasteiger partial charge in [0, 0.05) is 15.5 Å². The molecule has 0 aliphatic carbocycles. The van der Waals surface area contributed by atoms with Crippen LogP contribution in [0.3, 0.4) is 0 Å². The van der Waals surface area contributed by atoms with Crippen molar-refractivity contribution in [2.75, 3.05) is 0 Å². The zero-order valence-corrected chi connectivity index (χ0v) is 12.6. The normalized spacial score (nSPS) is 10.4. The minimum atomic E-state index is -0.249. The second kappa shape index (κ2) is 5.77. The third kappa shape index (κ3) is 3.07. The van der Waals surface area contributed by atoms with Crippen molar-refractivity contribution in [2.45, 2.75) is 13.5 Å². The summed E-state index contributed by atoms with van der Waals surface area (Å²) in [6.07, 6.45) is 1.55. The number of carbonyl (C=O) groups is 1. The number of carbonyl (C=O) groups excluding carboxylic acids is 1. The van der Waals surface area contributed by atoms with Crippen LogP contribution in [0.25, 0.3) is 0 Å². The zero-order valence-electron chi connectivity index (χ0n) is 9.41. The number of pyridine rings is 1. The first-order valence-corrected chi connectivity index (χ1v) is 7.11. The Balaban J connectivity index is 2.08. The van der Waals surface area contributed by atoms with Gasteiger partial charge in [-0.05, 0) is 28.9 Å². The molecular weight excluding hydrogens is 338 g/mol. The molecular formula is C11H9BrClN3OS. The van der Waals surface area contributed by atoms with E-state index in [2.05, 4.69) is 31.2 Å². The highest BCUT2D eigenvalue weighted by Crippen LogP contribution is 2.18. The van der Waals surface area contributed by atoms with Gasteiger partial charge in [0.2, 0.25) is 0 Å². The topological polar surface area (TPSA) is 54.9 Å². The van der Waals surface area contributed by atoms with Crippen LogP contribution in [0.5, 0.6) is 0 Å². The Morgan fingerprint density at radius 1 is 1.56 bits per heavy atom. The maximum atomic E-state index is 12.0. The third-order valence-electron chi connectivity index (χ3n) is 2.30. The van der Waals surface area contributed by atoms with E-state index < -0.39 is 0 Å². The van der Waals surface area contributed by atoms with Crippen LogP contribution >= 0.6 is 38.9 Å². The summed E-state index contributed by atoms with van der Waals surface area (Å²) in [6, 6.07) is 1.64. The number of nitrogens with one attached hydrogen (secondary N) is 1. The van der Waals surface area contributed by atoms with Gasteiger partial charge in [0.1, 0.15) is 5.15 Å². The first kappa shape index (κ1) is 13.5. The van der Waals surface area contributed by atoms with Crippen molar-refractivity contribution in [2.24, 2.45) is 0 Å². The standard InChI is InChI=1S/C11H9BrClN3OS/c1-6-9(18-5-16-6)4-15-11(17)8-2-7(12)3-14-10(8)13/h2-3,5H,4H2,1H3,(H,15,17). The molecule has 0 aliphatic rings. The number of aromatic nitrogens is 2. The molecule has 0 radical (unpaired) electrons. The molecule has 0 unspecified atom stereocenters. The van der Waals surface area contributed by atoms with Gasteiger partial charge >= 0.3 is 0 Å². The summed E-state index contributed by atoms with van der Waals surface area (Å²) in [6.45, 7) is 2.35. The van der Waals surface area contributed by atoms with E-state index in [1.54, 1.807) is 17.8 Å². The number of amides is 1. The van der Waals surface area contributed by atoms with Crippen LogP contribution in [0.2, 0.25) is 5.15 Å². The van der Waals surface area contributed by atoms with E-state index in [1.807, 2.05) is 6.92 Å². The quantitative estimate of drug-likeness (QED) is 0.868. The molecule has 0 saturated heterocycles. The maximum absolute atomic E-state index is 12.0. The molecule has 0 saturated carbocycles. The van der Waals surface area contributed by atoms with E-state index in [-0.39, 0.29) is 11.1 Å². The minimum Gasteiger partial charge on any atom is -0.347 e. The van der Waals surface area contributed by atoms with Crippen LogP contribution in [0.1, 0.15) is 20.9 Å². The van der Waals surface area contributed by atoms with Gasteiger partial charge in [0.15, 0.2) is 0 Å². The first-order valence-electron chi connectivity index (χ1n) is 5.06. The van der Waals surface area contributed by atoms with Crippen molar-refractivity contribution in [1.29, 1.82) is 0 Å². The van der Waals surface area contributed by atoms with Crippen molar-refractivity contribution in [3.05, 3.63) is 43.5 Å².